The first-order chi connectivity index (χ1) is 18.2. The Hall–Kier alpha value is -3.13. The van der Waals surface area contributed by atoms with E-state index in [1.54, 1.807) is 13.0 Å². The summed E-state index contributed by atoms with van der Waals surface area (Å²) in [6, 6.07) is 13.8. The fourth-order valence-corrected chi connectivity index (χ4v) is 5.50. The Morgan fingerprint density at radius 3 is 2.32 bits per heavy atom. The summed E-state index contributed by atoms with van der Waals surface area (Å²) in [5.74, 6) is 1.02. The smallest absolute Gasteiger partial charge is 0.331 e. The Morgan fingerprint density at radius 1 is 1.00 bits per heavy atom. The third-order valence-electron chi connectivity index (χ3n) is 8.12. The molecule has 0 radical (unpaired) electrons. The van der Waals surface area contributed by atoms with Crippen LogP contribution in [-0.2, 0) is 4.79 Å². The van der Waals surface area contributed by atoms with Crippen LogP contribution in [0.3, 0.4) is 0 Å². The molecule has 0 aliphatic heterocycles. The maximum atomic E-state index is 11.1. The minimum absolute atomic E-state index is 0.0262. The topological polar surface area (TPSA) is 37.3 Å². The lowest BCUT2D eigenvalue weighted by Crippen LogP contribution is -2.04. The fraction of sp³-hybridized carbons (Fsp3) is 0.417. The van der Waals surface area contributed by atoms with Gasteiger partial charge in [-0.15, -0.1) is 6.58 Å². The number of hydrogen-bond acceptors (Lipinski definition) is 1. The third kappa shape index (κ3) is 7.25. The van der Waals surface area contributed by atoms with Gasteiger partial charge in [-0.05, 0) is 84.4 Å². The lowest BCUT2D eigenvalue weighted by molar-refractivity contribution is -0.132. The monoisotopic (exact) mass is 510 g/mol. The summed E-state index contributed by atoms with van der Waals surface area (Å²) in [6.45, 7) is 17.0. The molecule has 0 saturated carbocycles. The largest absolute Gasteiger partial charge is 0.478 e. The van der Waals surface area contributed by atoms with Gasteiger partial charge in [0, 0.05) is 17.4 Å². The maximum absolute atomic E-state index is 11.1. The SMILES string of the molecule is C=CC(C=C/C=C(\C)C(=O)O)c1ccc2c(c1)C(CCC(C)CCCC(C)C)c1cc(/C(C)=C/C)ccc1-2. The molecule has 2 nitrogen and oxygen atoms in total. The van der Waals surface area contributed by atoms with Gasteiger partial charge in [-0.25, -0.2) is 4.79 Å². The van der Waals surface area contributed by atoms with Crippen LogP contribution in [0.15, 0.2) is 78.9 Å². The van der Waals surface area contributed by atoms with Crippen molar-refractivity contribution in [2.75, 3.05) is 0 Å². The van der Waals surface area contributed by atoms with E-state index >= 15 is 0 Å². The molecule has 0 aromatic heterocycles. The summed E-state index contributed by atoms with van der Waals surface area (Å²) < 4.78 is 0. The first-order valence-corrected chi connectivity index (χ1v) is 14.3. The van der Waals surface area contributed by atoms with Crippen molar-refractivity contribution in [1.82, 2.24) is 0 Å². The van der Waals surface area contributed by atoms with Gasteiger partial charge in [-0.1, -0.05) is 107 Å². The van der Waals surface area contributed by atoms with Crippen molar-refractivity contribution in [2.24, 2.45) is 11.8 Å². The number of benzene rings is 2. The number of carboxylic acids is 1. The van der Waals surface area contributed by atoms with Gasteiger partial charge >= 0.3 is 5.97 Å². The van der Waals surface area contributed by atoms with Gasteiger partial charge in [0.1, 0.15) is 0 Å². The molecular formula is C36H46O2. The zero-order valence-corrected chi connectivity index (χ0v) is 24.3. The molecule has 1 N–H and O–H groups in total. The van der Waals surface area contributed by atoms with Gasteiger partial charge in [0.15, 0.2) is 0 Å². The fourth-order valence-electron chi connectivity index (χ4n) is 5.50. The number of carbonyl (C=O) groups is 1. The highest BCUT2D eigenvalue weighted by Gasteiger charge is 2.30. The van der Waals surface area contributed by atoms with Crippen LogP contribution in [0.5, 0.6) is 0 Å². The highest BCUT2D eigenvalue weighted by atomic mass is 16.4. The van der Waals surface area contributed by atoms with Crippen molar-refractivity contribution in [3.8, 4) is 11.1 Å². The van der Waals surface area contributed by atoms with Crippen molar-refractivity contribution >= 4 is 11.5 Å². The molecule has 0 heterocycles. The second kappa shape index (κ2) is 13.6. The van der Waals surface area contributed by atoms with Gasteiger partial charge in [-0.3, -0.25) is 0 Å². The Bertz CT molecular complexity index is 1220. The van der Waals surface area contributed by atoms with Crippen molar-refractivity contribution < 1.29 is 9.90 Å². The van der Waals surface area contributed by atoms with E-state index in [1.165, 1.54) is 64.6 Å². The molecule has 0 bridgehead atoms. The molecule has 2 heteroatoms. The van der Waals surface area contributed by atoms with Crippen molar-refractivity contribution in [3.63, 3.8) is 0 Å². The molecule has 2 aromatic rings. The predicted octanol–water partition coefficient (Wildman–Crippen LogP) is 10.3. The highest BCUT2D eigenvalue weighted by Crippen LogP contribution is 2.49. The van der Waals surface area contributed by atoms with E-state index in [9.17, 15) is 4.79 Å². The number of hydrogen-bond donors (Lipinski definition) is 1. The van der Waals surface area contributed by atoms with Crippen LogP contribution in [0.4, 0.5) is 0 Å². The van der Waals surface area contributed by atoms with E-state index in [4.69, 9.17) is 5.11 Å². The number of allylic oxidation sites excluding steroid dienone is 6. The van der Waals surface area contributed by atoms with Gasteiger partial charge < -0.3 is 5.11 Å². The summed E-state index contributed by atoms with van der Waals surface area (Å²) >= 11 is 0. The van der Waals surface area contributed by atoms with Gasteiger partial charge in [0.2, 0.25) is 0 Å². The van der Waals surface area contributed by atoms with E-state index < -0.39 is 5.97 Å². The first kappa shape index (κ1) is 29.4. The molecule has 3 atom stereocenters. The van der Waals surface area contributed by atoms with Crippen molar-refractivity contribution in [1.29, 1.82) is 0 Å². The quantitative estimate of drug-likeness (QED) is 0.165. The lowest BCUT2D eigenvalue weighted by atomic mass is 9.85. The number of fused-ring (bicyclic) bond motifs is 3. The van der Waals surface area contributed by atoms with E-state index in [2.05, 4.69) is 83.7 Å². The zero-order chi connectivity index (χ0) is 27.8. The lowest BCUT2D eigenvalue weighted by Gasteiger charge is -2.19. The standard InChI is InChI=1S/C36H46O2/c1-8-26(6)29-17-20-31-32-21-18-30(28(9-2)15-11-14-27(7)36(37)38)23-35(32)33(34(31)22-29)19-16-25(5)13-10-12-24(3)4/h8-9,11,14-15,17-18,20-25,28,33H,2,10,12-13,16,19H2,1,3-7H3,(H,37,38)/b15-11?,26-8+,27-14+. The van der Waals surface area contributed by atoms with Crippen LogP contribution in [0.2, 0.25) is 0 Å². The van der Waals surface area contributed by atoms with Crippen LogP contribution in [-0.4, -0.2) is 11.1 Å². The van der Waals surface area contributed by atoms with Crippen LogP contribution < -0.4 is 0 Å². The molecule has 1 aliphatic carbocycles. The molecule has 0 spiro atoms. The Balaban J connectivity index is 1.93. The molecule has 1 aliphatic rings. The van der Waals surface area contributed by atoms with E-state index in [1.807, 2.05) is 18.2 Å². The maximum Gasteiger partial charge on any atom is 0.331 e. The first-order valence-electron chi connectivity index (χ1n) is 14.3. The predicted molar refractivity (Wildman–Crippen MR) is 164 cm³/mol. The summed E-state index contributed by atoms with van der Waals surface area (Å²) in [7, 11) is 0. The van der Waals surface area contributed by atoms with Gasteiger partial charge in [0.05, 0.1) is 0 Å². The normalized spacial score (nSPS) is 17.0. The Kier molecular flexibility index (Phi) is 10.5. The Labute approximate surface area is 230 Å². The molecule has 202 valence electrons. The van der Waals surface area contributed by atoms with E-state index in [0.717, 1.165) is 18.3 Å². The van der Waals surface area contributed by atoms with Gasteiger partial charge in [-0.2, -0.15) is 0 Å². The number of carboxylic acid groups (broad SMARTS) is 1. The van der Waals surface area contributed by atoms with Crippen molar-refractivity contribution in [3.05, 3.63) is 101 Å². The van der Waals surface area contributed by atoms with Crippen LogP contribution in [0, 0.1) is 11.8 Å². The van der Waals surface area contributed by atoms with E-state index in [0.29, 0.717) is 11.5 Å². The molecular weight excluding hydrogens is 464 g/mol. The minimum Gasteiger partial charge on any atom is -0.478 e. The molecule has 0 fully saturated rings. The minimum atomic E-state index is -0.895. The second-order valence-corrected chi connectivity index (χ2v) is 11.5. The molecule has 0 amide bonds. The zero-order valence-electron chi connectivity index (χ0n) is 24.3. The summed E-state index contributed by atoms with van der Waals surface area (Å²) in [6.07, 6.45) is 15.9. The average molecular weight is 511 g/mol. The molecule has 38 heavy (non-hydrogen) atoms. The average Bonchev–Trinajstić information content (AvgIpc) is 3.20. The number of aliphatic carboxylic acids is 1. The summed E-state index contributed by atoms with van der Waals surface area (Å²) in [5.41, 5.74) is 9.72. The number of rotatable bonds is 13. The molecule has 3 unspecified atom stereocenters. The summed E-state index contributed by atoms with van der Waals surface area (Å²) in [4.78, 5) is 11.1. The second-order valence-electron chi connectivity index (χ2n) is 11.5. The van der Waals surface area contributed by atoms with Gasteiger partial charge in [0.25, 0.3) is 0 Å². The summed E-state index contributed by atoms with van der Waals surface area (Å²) in [5, 5.41) is 9.15. The molecule has 3 rings (SSSR count). The third-order valence-corrected chi connectivity index (χ3v) is 8.12. The highest BCUT2D eigenvalue weighted by molar-refractivity contribution is 5.86. The molecule has 0 saturated heterocycles. The molecule has 2 aromatic carbocycles. The van der Waals surface area contributed by atoms with E-state index in [-0.39, 0.29) is 5.92 Å². The van der Waals surface area contributed by atoms with Crippen LogP contribution in [0.25, 0.3) is 16.7 Å². The Morgan fingerprint density at radius 2 is 1.68 bits per heavy atom. The van der Waals surface area contributed by atoms with Crippen LogP contribution >= 0.6 is 0 Å². The van der Waals surface area contributed by atoms with Crippen molar-refractivity contribution in [2.45, 2.75) is 85.5 Å². The van der Waals surface area contributed by atoms with Crippen LogP contribution in [0.1, 0.15) is 108 Å².